The van der Waals surface area contributed by atoms with Gasteiger partial charge >= 0.3 is 0 Å². The van der Waals surface area contributed by atoms with Crippen molar-refractivity contribution in [3.63, 3.8) is 0 Å². The number of carbonyl (C=O) groups excluding carboxylic acids is 1. The average Bonchev–Trinajstić information content (AvgIpc) is 2.54. The Morgan fingerprint density at radius 3 is 2.64 bits per heavy atom. The molecule has 22 heavy (non-hydrogen) atoms. The van der Waals surface area contributed by atoms with Gasteiger partial charge in [-0.05, 0) is 38.2 Å². The van der Waals surface area contributed by atoms with Crippen LogP contribution in [0.25, 0.3) is 0 Å². The number of carbonyl (C=O) groups is 1. The van der Waals surface area contributed by atoms with Crippen LogP contribution >= 0.6 is 0 Å². The van der Waals surface area contributed by atoms with E-state index in [9.17, 15) is 4.79 Å². The van der Waals surface area contributed by atoms with E-state index in [0.717, 1.165) is 45.4 Å². The van der Waals surface area contributed by atoms with Crippen LogP contribution in [0.2, 0.25) is 0 Å². The van der Waals surface area contributed by atoms with Crippen LogP contribution in [0.15, 0.2) is 30.3 Å². The monoisotopic (exact) mass is 304 g/mol. The Hall–Kier alpha value is -1.39. The molecule has 0 bridgehead atoms. The zero-order chi connectivity index (χ0) is 15.8. The maximum atomic E-state index is 12.0. The maximum Gasteiger partial charge on any atom is 0.222 e. The smallest absolute Gasteiger partial charge is 0.222 e. The minimum absolute atomic E-state index is 0.0998. The van der Waals surface area contributed by atoms with Crippen molar-refractivity contribution < 1.29 is 9.53 Å². The first kappa shape index (κ1) is 17.0. The number of amides is 1. The second-order valence-corrected chi connectivity index (χ2v) is 6.20. The Kier molecular flexibility index (Phi) is 6.87. The Morgan fingerprint density at radius 1 is 1.32 bits per heavy atom. The topological polar surface area (TPSA) is 55.6 Å². The van der Waals surface area contributed by atoms with Crippen molar-refractivity contribution in [2.24, 2.45) is 5.73 Å². The highest BCUT2D eigenvalue weighted by molar-refractivity contribution is 5.76. The molecule has 1 heterocycles. The maximum absolute atomic E-state index is 12.0. The van der Waals surface area contributed by atoms with Crippen molar-refractivity contribution in [1.82, 2.24) is 4.90 Å². The first-order chi connectivity index (χ1) is 10.6. The molecule has 122 valence electrons. The van der Waals surface area contributed by atoms with Gasteiger partial charge in [-0.25, -0.2) is 0 Å². The van der Waals surface area contributed by atoms with Crippen LogP contribution < -0.4 is 5.73 Å². The normalized spacial score (nSPS) is 17.5. The molecular formula is C18H28N2O2. The highest BCUT2D eigenvalue weighted by atomic mass is 16.5. The number of ether oxygens (including phenoxy) is 1. The fourth-order valence-corrected chi connectivity index (χ4v) is 2.77. The van der Waals surface area contributed by atoms with Gasteiger partial charge in [0.1, 0.15) is 0 Å². The predicted molar refractivity (Wildman–Crippen MR) is 88.6 cm³/mol. The largest absolute Gasteiger partial charge is 0.378 e. The van der Waals surface area contributed by atoms with E-state index in [1.165, 1.54) is 5.56 Å². The van der Waals surface area contributed by atoms with Crippen molar-refractivity contribution >= 4 is 5.91 Å². The van der Waals surface area contributed by atoms with Gasteiger partial charge in [-0.2, -0.15) is 0 Å². The summed E-state index contributed by atoms with van der Waals surface area (Å²) in [7, 11) is 0. The van der Waals surface area contributed by atoms with Gasteiger partial charge in [0, 0.05) is 25.6 Å². The van der Waals surface area contributed by atoms with Crippen LogP contribution in [0.1, 0.15) is 38.2 Å². The van der Waals surface area contributed by atoms with Crippen molar-refractivity contribution in [2.75, 3.05) is 19.7 Å². The minimum atomic E-state index is 0.0998. The Bertz CT molecular complexity index is 440. The summed E-state index contributed by atoms with van der Waals surface area (Å²) in [6.07, 6.45) is 4.47. The molecule has 1 fully saturated rings. The molecule has 1 aromatic rings. The van der Waals surface area contributed by atoms with Gasteiger partial charge < -0.3 is 15.4 Å². The van der Waals surface area contributed by atoms with Gasteiger partial charge in [0.15, 0.2) is 0 Å². The number of benzene rings is 1. The van der Waals surface area contributed by atoms with E-state index in [0.29, 0.717) is 12.5 Å². The van der Waals surface area contributed by atoms with E-state index < -0.39 is 0 Å². The number of likely N-dealkylation sites (tertiary alicyclic amines) is 1. The summed E-state index contributed by atoms with van der Waals surface area (Å²) in [4.78, 5) is 14.0. The van der Waals surface area contributed by atoms with Crippen LogP contribution in [-0.2, 0) is 16.0 Å². The first-order valence-electron chi connectivity index (χ1n) is 8.34. The van der Waals surface area contributed by atoms with Gasteiger partial charge in [-0.15, -0.1) is 0 Å². The highest BCUT2D eigenvalue weighted by Gasteiger charge is 2.22. The Labute approximate surface area is 133 Å². The molecule has 2 rings (SSSR count). The second-order valence-electron chi connectivity index (χ2n) is 6.20. The summed E-state index contributed by atoms with van der Waals surface area (Å²) >= 11 is 0. The summed E-state index contributed by atoms with van der Waals surface area (Å²) < 4.78 is 5.96. The average molecular weight is 304 g/mol. The molecule has 0 spiro atoms. The van der Waals surface area contributed by atoms with Gasteiger partial charge in [0.2, 0.25) is 5.91 Å². The number of nitrogens with zero attached hydrogens (tertiary/aromatic N) is 1. The number of piperidine rings is 1. The Balaban J connectivity index is 1.61. The van der Waals surface area contributed by atoms with Crippen LogP contribution in [-0.4, -0.2) is 42.6 Å². The summed E-state index contributed by atoms with van der Waals surface area (Å²) in [6, 6.07) is 10.5. The molecule has 0 aromatic heterocycles. The Morgan fingerprint density at radius 2 is 2.00 bits per heavy atom. The molecule has 1 atom stereocenters. The summed E-state index contributed by atoms with van der Waals surface area (Å²) in [5, 5.41) is 0. The van der Waals surface area contributed by atoms with Gasteiger partial charge in [0.05, 0.1) is 12.7 Å². The molecule has 4 heteroatoms. The van der Waals surface area contributed by atoms with E-state index in [4.69, 9.17) is 10.5 Å². The molecule has 0 radical (unpaired) electrons. The van der Waals surface area contributed by atoms with Crippen molar-refractivity contribution in [1.29, 1.82) is 0 Å². The predicted octanol–water partition coefficient (Wildman–Crippen LogP) is 2.36. The highest BCUT2D eigenvalue weighted by Crippen LogP contribution is 2.15. The van der Waals surface area contributed by atoms with Gasteiger partial charge in [-0.3, -0.25) is 4.79 Å². The lowest BCUT2D eigenvalue weighted by molar-refractivity contribution is -0.134. The molecule has 1 saturated heterocycles. The minimum Gasteiger partial charge on any atom is -0.378 e. The molecule has 2 N–H and O–H groups in total. The fourth-order valence-electron chi connectivity index (χ4n) is 2.77. The van der Waals surface area contributed by atoms with Crippen LogP contribution in [0.4, 0.5) is 0 Å². The number of hydrogen-bond acceptors (Lipinski definition) is 3. The lowest BCUT2D eigenvalue weighted by Crippen LogP contribution is -2.41. The number of nitrogens with two attached hydrogens (primary N) is 1. The molecule has 0 aliphatic carbocycles. The van der Waals surface area contributed by atoms with E-state index in [1.54, 1.807) is 0 Å². The lowest BCUT2D eigenvalue weighted by atomic mass is 10.1. The third-order valence-electron chi connectivity index (χ3n) is 4.20. The fraction of sp³-hybridized carbons (Fsp3) is 0.611. The second kappa shape index (κ2) is 8.91. The van der Waals surface area contributed by atoms with Crippen molar-refractivity contribution in [2.45, 2.75) is 51.2 Å². The van der Waals surface area contributed by atoms with E-state index in [1.807, 2.05) is 17.9 Å². The zero-order valence-electron chi connectivity index (χ0n) is 13.5. The quantitative estimate of drug-likeness (QED) is 0.841. The van der Waals surface area contributed by atoms with Crippen molar-refractivity contribution in [3.8, 4) is 0 Å². The summed E-state index contributed by atoms with van der Waals surface area (Å²) in [6.45, 7) is 4.33. The van der Waals surface area contributed by atoms with Crippen LogP contribution in [0, 0.1) is 0 Å². The molecule has 1 aromatic carbocycles. The third kappa shape index (κ3) is 5.78. The summed E-state index contributed by atoms with van der Waals surface area (Å²) in [5.74, 6) is 0.236. The third-order valence-corrected chi connectivity index (χ3v) is 4.20. The first-order valence-corrected chi connectivity index (χ1v) is 8.34. The van der Waals surface area contributed by atoms with Crippen LogP contribution in [0.3, 0.4) is 0 Å². The van der Waals surface area contributed by atoms with Crippen molar-refractivity contribution in [3.05, 3.63) is 35.9 Å². The van der Waals surface area contributed by atoms with Gasteiger partial charge in [0.25, 0.3) is 0 Å². The van der Waals surface area contributed by atoms with Gasteiger partial charge in [-0.1, -0.05) is 30.3 Å². The summed E-state index contributed by atoms with van der Waals surface area (Å²) in [5.41, 5.74) is 7.02. The number of rotatable bonds is 7. The molecule has 1 aliphatic rings. The standard InChI is InChI=1S/C18H28N2O2/c1-15(19)7-8-18(21)20-12-9-17(10-13-20)22-14-11-16-5-3-2-4-6-16/h2-6,15,17H,7-14,19H2,1H3. The molecular weight excluding hydrogens is 276 g/mol. The van der Waals surface area contributed by atoms with Crippen LogP contribution in [0.5, 0.6) is 0 Å². The number of hydrogen-bond donors (Lipinski definition) is 1. The molecule has 0 saturated carbocycles. The lowest BCUT2D eigenvalue weighted by Gasteiger charge is -2.32. The molecule has 4 nitrogen and oxygen atoms in total. The SMILES string of the molecule is CC(N)CCC(=O)N1CCC(OCCc2ccccc2)CC1. The molecule has 1 aliphatic heterocycles. The zero-order valence-corrected chi connectivity index (χ0v) is 13.5. The molecule has 1 amide bonds. The van der Waals surface area contributed by atoms with E-state index >= 15 is 0 Å². The molecule has 1 unspecified atom stereocenters. The van der Waals surface area contributed by atoms with E-state index in [2.05, 4.69) is 24.3 Å². The van der Waals surface area contributed by atoms with E-state index in [-0.39, 0.29) is 11.9 Å².